The van der Waals surface area contributed by atoms with E-state index in [-0.39, 0.29) is 23.1 Å². The topological polar surface area (TPSA) is 88.9 Å². The summed E-state index contributed by atoms with van der Waals surface area (Å²) in [6.07, 6.45) is 5.60. The Labute approximate surface area is 201 Å². The highest BCUT2D eigenvalue weighted by Gasteiger charge is 2.37. The summed E-state index contributed by atoms with van der Waals surface area (Å²) in [5.41, 5.74) is 1.34. The number of hydrogen-bond donors (Lipinski definition) is 1. The number of fused-ring (bicyclic) bond motifs is 1. The molecule has 0 aliphatic heterocycles. The first-order valence-electron chi connectivity index (χ1n) is 12.5. The van der Waals surface area contributed by atoms with Gasteiger partial charge >= 0.3 is 0 Å². The van der Waals surface area contributed by atoms with Gasteiger partial charge in [-0.15, -0.1) is 5.10 Å². The van der Waals surface area contributed by atoms with Crippen LogP contribution in [0.2, 0.25) is 0 Å². The van der Waals surface area contributed by atoms with Crippen LogP contribution in [0, 0.1) is 5.92 Å². The molecule has 0 unspecified atom stereocenters. The minimum Gasteiger partial charge on any atom is -0.497 e. The second-order valence-electron chi connectivity index (χ2n) is 10.5. The maximum absolute atomic E-state index is 13.1. The summed E-state index contributed by atoms with van der Waals surface area (Å²) in [7, 11) is 1.66. The number of ether oxygens (including phenoxy) is 1. The van der Waals surface area contributed by atoms with Crippen LogP contribution in [0.3, 0.4) is 0 Å². The van der Waals surface area contributed by atoms with Crippen LogP contribution in [0.5, 0.6) is 5.75 Å². The average Bonchev–Trinajstić information content (AvgIpc) is 3.51. The zero-order chi connectivity index (χ0) is 24.5. The molecule has 1 fully saturated rings. The smallest absolute Gasteiger partial charge is 0.252 e. The quantitative estimate of drug-likeness (QED) is 0.487. The Balaban J connectivity index is 1.79. The van der Waals surface area contributed by atoms with Crippen molar-refractivity contribution in [1.29, 1.82) is 0 Å². The normalized spacial score (nSPS) is 16.1. The molecule has 0 spiro atoms. The molecule has 3 aromatic rings. The first kappa shape index (κ1) is 24.4. The van der Waals surface area contributed by atoms with Crippen molar-refractivity contribution in [1.82, 2.24) is 30.1 Å². The van der Waals surface area contributed by atoms with Crippen LogP contribution in [-0.2, 0) is 12.1 Å². The monoisotopic (exact) mass is 466 g/mol. The highest BCUT2D eigenvalue weighted by molar-refractivity contribution is 5.80. The maximum Gasteiger partial charge on any atom is 0.252 e. The predicted molar refractivity (Wildman–Crippen MR) is 134 cm³/mol. The Bertz CT molecular complexity index is 1180. The number of nitrogens with one attached hydrogen (secondary N) is 1. The lowest BCUT2D eigenvalue weighted by Gasteiger charge is -2.39. The number of H-pyrrole nitrogens is 1. The Hall–Kier alpha value is -2.74. The molecule has 1 aliphatic rings. The van der Waals surface area contributed by atoms with E-state index in [2.05, 4.69) is 60.0 Å². The molecule has 1 N–H and O–H groups in total. The van der Waals surface area contributed by atoms with E-state index in [4.69, 9.17) is 4.74 Å². The zero-order valence-electron chi connectivity index (χ0n) is 21.3. The minimum absolute atomic E-state index is 0.00401. The Morgan fingerprint density at radius 2 is 1.97 bits per heavy atom. The number of tetrazole rings is 1. The van der Waals surface area contributed by atoms with Crippen molar-refractivity contribution in [3.8, 4) is 5.75 Å². The molecule has 8 heteroatoms. The van der Waals surface area contributed by atoms with Crippen LogP contribution in [0.15, 0.2) is 29.1 Å². The molecule has 2 heterocycles. The molecule has 34 heavy (non-hydrogen) atoms. The van der Waals surface area contributed by atoms with Gasteiger partial charge in [-0.2, -0.15) is 0 Å². The van der Waals surface area contributed by atoms with Crippen molar-refractivity contribution in [2.24, 2.45) is 5.92 Å². The third-order valence-electron chi connectivity index (χ3n) is 7.46. The van der Waals surface area contributed by atoms with Crippen LogP contribution >= 0.6 is 0 Å². The van der Waals surface area contributed by atoms with Gasteiger partial charge in [-0.25, -0.2) is 4.68 Å². The third-order valence-corrected chi connectivity index (χ3v) is 7.46. The van der Waals surface area contributed by atoms with Gasteiger partial charge in [0, 0.05) is 29.1 Å². The number of rotatable bonds is 9. The average molecular weight is 467 g/mol. The van der Waals surface area contributed by atoms with E-state index in [0.717, 1.165) is 47.3 Å². The number of benzene rings is 1. The molecular formula is C26H38N6O2. The fourth-order valence-corrected chi connectivity index (χ4v) is 5.15. The molecule has 1 aliphatic carbocycles. The molecule has 1 atom stereocenters. The van der Waals surface area contributed by atoms with E-state index in [0.29, 0.717) is 12.6 Å². The minimum atomic E-state index is -0.190. The molecule has 0 bridgehead atoms. The molecule has 8 nitrogen and oxygen atoms in total. The molecule has 0 amide bonds. The van der Waals surface area contributed by atoms with E-state index in [9.17, 15) is 4.79 Å². The number of nitrogens with zero attached hydrogens (tertiary/aromatic N) is 5. The molecule has 1 saturated carbocycles. The lowest BCUT2D eigenvalue weighted by molar-refractivity contribution is 0.0791. The summed E-state index contributed by atoms with van der Waals surface area (Å²) < 4.78 is 7.40. The van der Waals surface area contributed by atoms with E-state index in [1.165, 1.54) is 12.8 Å². The number of pyridine rings is 1. The summed E-state index contributed by atoms with van der Waals surface area (Å²) in [5, 5.41) is 14.0. The fourth-order valence-electron chi connectivity index (χ4n) is 5.15. The van der Waals surface area contributed by atoms with E-state index >= 15 is 0 Å². The molecule has 2 aromatic heterocycles. The van der Waals surface area contributed by atoms with Gasteiger partial charge in [0.1, 0.15) is 5.75 Å². The highest BCUT2D eigenvalue weighted by Crippen LogP contribution is 2.37. The molecule has 184 valence electrons. The van der Waals surface area contributed by atoms with Gasteiger partial charge in [-0.1, -0.05) is 33.6 Å². The van der Waals surface area contributed by atoms with Gasteiger partial charge in [-0.3, -0.25) is 9.69 Å². The van der Waals surface area contributed by atoms with Crippen LogP contribution in [0.25, 0.3) is 10.9 Å². The van der Waals surface area contributed by atoms with Crippen LogP contribution in [-0.4, -0.2) is 43.2 Å². The Morgan fingerprint density at radius 3 is 2.62 bits per heavy atom. The van der Waals surface area contributed by atoms with Gasteiger partial charge in [0.2, 0.25) is 0 Å². The molecule has 0 saturated heterocycles. The summed E-state index contributed by atoms with van der Waals surface area (Å²) in [6.45, 7) is 11.5. The fraction of sp³-hybridized carbons (Fsp3) is 0.615. The van der Waals surface area contributed by atoms with Gasteiger partial charge in [-0.05, 0) is 73.7 Å². The van der Waals surface area contributed by atoms with Gasteiger partial charge in [0.15, 0.2) is 5.82 Å². The summed E-state index contributed by atoms with van der Waals surface area (Å²) in [6, 6.07) is 8.14. The molecule has 1 aromatic carbocycles. The van der Waals surface area contributed by atoms with Crippen molar-refractivity contribution >= 4 is 10.9 Å². The van der Waals surface area contributed by atoms with Gasteiger partial charge in [0.25, 0.3) is 5.56 Å². The van der Waals surface area contributed by atoms with Crippen LogP contribution in [0.4, 0.5) is 0 Å². The standard InChI is InChI=1S/C26H38N6O2/c1-7-26(4,5)32-24(28-29-30-32)23(17(2)3)31(20-10-8-9-11-20)16-19-14-18-15-21(34-6)12-13-22(18)27-25(19)33/h12-15,17,20,23H,7-11,16H2,1-6H3,(H,27,33)/t23-/m0/s1. The van der Waals surface area contributed by atoms with Crippen molar-refractivity contribution in [2.45, 2.75) is 90.9 Å². The van der Waals surface area contributed by atoms with E-state index in [1.807, 2.05) is 28.9 Å². The molecular weight excluding hydrogens is 428 g/mol. The SMILES string of the molecule is CCC(C)(C)n1nnnc1[C@H](C(C)C)N(Cc1cc2cc(OC)ccc2[nH]c1=O)C1CCCC1. The number of hydrogen-bond acceptors (Lipinski definition) is 6. The second-order valence-corrected chi connectivity index (χ2v) is 10.5. The first-order chi connectivity index (χ1) is 16.2. The number of methoxy groups -OCH3 is 1. The summed E-state index contributed by atoms with van der Waals surface area (Å²) in [4.78, 5) is 18.7. The first-order valence-corrected chi connectivity index (χ1v) is 12.5. The maximum atomic E-state index is 13.1. The largest absolute Gasteiger partial charge is 0.497 e. The van der Waals surface area contributed by atoms with Crippen LogP contribution < -0.4 is 10.3 Å². The Morgan fingerprint density at radius 1 is 1.24 bits per heavy atom. The van der Waals surface area contributed by atoms with Crippen molar-refractivity contribution < 1.29 is 4.74 Å². The lowest BCUT2D eigenvalue weighted by atomic mass is 9.95. The summed E-state index contributed by atoms with van der Waals surface area (Å²) >= 11 is 0. The van der Waals surface area contributed by atoms with E-state index < -0.39 is 0 Å². The second kappa shape index (κ2) is 9.86. The van der Waals surface area contributed by atoms with Crippen molar-refractivity contribution in [2.75, 3.05) is 7.11 Å². The summed E-state index contributed by atoms with van der Waals surface area (Å²) in [5.74, 6) is 1.93. The lowest BCUT2D eigenvalue weighted by Crippen LogP contribution is -2.42. The van der Waals surface area contributed by atoms with Crippen molar-refractivity contribution in [3.63, 3.8) is 0 Å². The van der Waals surface area contributed by atoms with E-state index in [1.54, 1.807) is 7.11 Å². The van der Waals surface area contributed by atoms with Gasteiger partial charge in [0.05, 0.1) is 18.7 Å². The number of aromatic amines is 1. The predicted octanol–water partition coefficient (Wildman–Crippen LogP) is 4.81. The highest BCUT2D eigenvalue weighted by atomic mass is 16.5. The third kappa shape index (κ3) is 4.73. The van der Waals surface area contributed by atoms with Gasteiger partial charge < -0.3 is 9.72 Å². The Kier molecular flexibility index (Phi) is 7.07. The zero-order valence-corrected chi connectivity index (χ0v) is 21.3. The number of aromatic nitrogens is 5. The van der Waals surface area contributed by atoms with Crippen LogP contribution in [0.1, 0.15) is 84.2 Å². The molecule has 4 rings (SSSR count). The molecule has 0 radical (unpaired) electrons. The van der Waals surface area contributed by atoms with Crippen molar-refractivity contribution in [3.05, 3.63) is 46.0 Å².